The Hall–Kier alpha value is -2.16. The highest BCUT2D eigenvalue weighted by molar-refractivity contribution is 5.56. The predicted molar refractivity (Wildman–Crippen MR) is 87.1 cm³/mol. The van der Waals surface area contributed by atoms with E-state index in [4.69, 9.17) is 4.74 Å². The van der Waals surface area contributed by atoms with Crippen LogP contribution >= 0.6 is 0 Å². The van der Waals surface area contributed by atoms with Crippen LogP contribution in [0.1, 0.15) is 30.0 Å². The first-order valence-corrected chi connectivity index (χ1v) is 7.36. The number of aryl methyl sites for hydroxylation is 2. The molecule has 0 bridgehead atoms. The van der Waals surface area contributed by atoms with Crippen molar-refractivity contribution in [1.29, 1.82) is 0 Å². The Morgan fingerprint density at radius 3 is 2.43 bits per heavy atom. The molecule has 2 N–H and O–H groups in total. The van der Waals surface area contributed by atoms with Crippen LogP contribution in [-0.2, 0) is 6.54 Å². The molecule has 0 amide bonds. The second-order valence-electron chi connectivity index (χ2n) is 5.30. The minimum Gasteiger partial charge on any atom is -0.508 e. The third-order valence-electron chi connectivity index (χ3n) is 3.42. The zero-order valence-corrected chi connectivity index (χ0v) is 12.9. The minimum absolute atomic E-state index is 0.343. The molecule has 0 saturated carbocycles. The van der Waals surface area contributed by atoms with E-state index in [1.165, 1.54) is 5.56 Å². The summed E-state index contributed by atoms with van der Waals surface area (Å²) < 4.78 is 5.57. The zero-order valence-electron chi connectivity index (χ0n) is 12.9. The molecule has 0 aliphatic carbocycles. The first kappa shape index (κ1) is 15.2. The lowest BCUT2D eigenvalue weighted by Gasteiger charge is -2.12. The predicted octanol–water partition coefficient (Wildman–Crippen LogP) is 4.41. The third-order valence-corrected chi connectivity index (χ3v) is 3.42. The molecular weight excluding hydrogens is 262 g/mol. The van der Waals surface area contributed by atoms with Crippen molar-refractivity contribution in [2.45, 2.75) is 33.7 Å². The van der Waals surface area contributed by atoms with Gasteiger partial charge in [-0.2, -0.15) is 0 Å². The van der Waals surface area contributed by atoms with Crippen molar-refractivity contribution in [3.63, 3.8) is 0 Å². The van der Waals surface area contributed by atoms with E-state index in [0.717, 1.165) is 42.1 Å². The summed E-state index contributed by atoms with van der Waals surface area (Å²) in [6.07, 6.45) is 1.02. The van der Waals surface area contributed by atoms with Gasteiger partial charge in [0, 0.05) is 12.2 Å². The summed E-state index contributed by atoms with van der Waals surface area (Å²) >= 11 is 0. The molecule has 2 aromatic carbocycles. The van der Waals surface area contributed by atoms with E-state index in [2.05, 4.69) is 24.4 Å². The van der Waals surface area contributed by atoms with Gasteiger partial charge in [0.2, 0.25) is 0 Å². The molecule has 3 heteroatoms. The van der Waals surface area contributed by atoms with Crippen molar-refractivity contribution in [3.05, 3.63) is 53.1 Å². The number of anilines is 1. The molecule has 0 radical (unpaired) electrons. The van der Waals surface area contributed by atoms with E-state index in [-0.39, 0.29) is 0 Å². The molecule has 0 unspecified atom stereocenters. The van der Waals surface area contributed by atoms with Gasteiger partial charge < -0.3 is 15.2 Å². The molecule has 112 valence electrons. The number of ether oxygens (including phenoxy) is 1. The van der Waals surface area contributed by atoms with E-state index in [9.17, 15) is 5.11 Å². The quantitative estimate of drug-likeness (QED) is 0.772. The highest BCUT2D eigenvalue weighted by Crippen LogP contribution is 2.25. The molecule has 21 heavy (non-hydrogen) atoms. The molecule has 2 aromatic rings. The topological polar surface area (TPSA) is 41.5 Å². The summed E-state index contributed by atoms with van der Waals surface area (Å²) in [4.78, 5) is 0. The van der Waals surface area contributed by atoms with Crippen LogP contribution in [0.25, 0.3) is 0 Å². The third kappa shape index (κ3) is 4.15. The van der Waals surface area contributed by atoms with Crippen LogP contribution in [-0.4, -0.2) is 11.7 Å². The number of rotatable bonds is 6. The monoisotopic (exact) mass is 285 g/mol. The van der Waals surface area contributed by atoms with Crippen molar-refractivity contribution < 1.29 is 9.84 Å². The van der Waals surface area contributed by atoms with Crippen molar-refractivity contribution in [1.82, 2.24) is 0 Å². The van der Waals surface area contributed by atoms with Gasteiger partial charge in [-0.3, -0.25) is 0 Å². The lowest BCUT2D eigenvalue weighted by atomic mass is 10.1. The molecule has 0 fully saturated rings. The molecule has 3 nitrogen and oxygen atoms in total. The molecule has 0 aliphatic rings. The Kier molecular flexibility index (Phi) is 5.09. The fraction of sp³-hybridized carbons (Fsp3) is 0.333. The van der Waals surface area contributed by atoms with Gasteiger partial charge in [-0.15, -0.1) is 0 Å². The van der Waals surface area contributed by atoms with Crippen molar-refractivity contribution in [3.8, 4) is 11.5 Å². The first-order chi connectivity index (χ1) is 10.1. The summed E-state index contributed by atoms with van der Waals surface area (Å²) in [7, 11) is 0. The molecule has 0 atom stereocenters. The summed E-state index contributed by atoms with van der Waals surface area (Å²) in [6, 6.07) is 11.9. The van der Waals surface area contributed by atoms with Gasteiger partial charge >= 0.3 is 0 Å². The smallest absolute Gasteiger partial charge is 0.119 e. The lowest BCUT2D eigenvalue weighted by Crippen LogP contribution is -2.02. The standard InChI is InChI=1S/C18H23NO2/c1-4-9-21-16-7-5-15(6-8-16)12-19-17-10-14(3)18(20)11-13(17)2/h5-8,10-11,19-20H,4,9,12H2,1-3H3. The van der Waals surface area contributed by atoms with E-state index >= 15 is 0 Å². The van der Waals surface area contributed by atoms with E-state index in [0.29, 0.717) is 5.75 Å². The summed E-state index contributed by atoms with van der Waals surface area (Å²) in [5.74, 6) is 1.26. The van der Waals surface area contributed by atoms with Crippen LogP contribution in [0.5, 0.6) is 11.5 Å². The highest BCUT2D eigenvalue weighted by Gasteiger charge is 2.03. The van der Waals surface area contributed by atoms with Crippen LogP contribution in [0.3, 0.4) is 0 Å². The molecule has 0 heterocycles. The Labute approximate surface area is 126 Å². The van der Waals surface area contributed by atoms with Crippen LogP contribution in [0, 0.1) is 13.8 Å². The Bertz CT molecular complexity index is 591. The molecule has 0 aromatic heterocycles. The van der Waals surface area contributed by atoms with Gasteiger partial charge in [-0.1, -0.05) is 19.1 Å². The minimum atomic E-state index is 0.343. The van der Waals surface area contributed by atoms with Crippen molar-refractivity contribution in [2.24, 2.45) is 0 Å². The average molecular weight is 285 g/mol. The fourth-order valence-corrected chi connectivity index (χ4v) is 2.11. The van der Waals surface area contributed by atoms with E-state index in [1.807, 2.05) is 32.0 Å². The van der Waals surface area contributed by atoms with Crippen LogP contribution in [0.15, 0.2) is 36.4 Å². The number of hydrogen-bond donors (Lipinski definition) is 2. The fourth-order valence-electron chi connectivity index (χ4n) is 2.11. The second kappa shape index (κ2) is 7.02. The van der Waals surface area contributed by atoms with Gasteiger partial charge in [0.05, 0.1) is 6.61 Å². The summed E-state index contributed by atoms with van der Waals surface area (Å²) in [5.41, 5.74) is 4.17. The highest BCUT2D eigenvalue weighted by atomic mass is 16.5. The Morgan fingerprint density at radius 2 is 1.76 bits per heavy atom. The lowest BCUT2D eigenvalue weighted by molar-refractivity contribution is 0.317. The van der Waals surface area contributed by atoms with Crippen LogP contribution in [0.2, 0.25) is 0 Å². The molecule has 2 rings (SSSR count). The summed E-state index contributed by atoms with van der Waals surface area (Å²) in [5, 5.41) is 13.1. The molecule has 0 aliphatic heterocycles. The maximum Gasteiger partial charge on any atom is 0.119 e. The Morgan fingerprint density at radius 1 is 1.05 bits per heavy atom. The van der Waals surface area contributed by atoms with Gasteiger partial charge in [0.1, 0.15) is 11.5 Å². The first-order valence-electron chi connectivity index (χ1n) is 7.36. The number of phenols is 1. The van der Waals surface area contributed by atoms with Crippen molar-refractivity contribution in [2.75, 3.05) is 11.9 Å². The average Bonchev–Trinajstić information content (AvgIpc) is 2.48. The van der Waals surface area contributed by atoms with Gasteiger partial charge in [-0.25, -0.2) is 0 Å². The molecule has 0 saturated heterocycles. The largest absolute Gasteiger partial charge is 0.508 e. The normalized spacial score (nSPS) is 10.4. The van der Waals surface area contributed by atoms with Crippen molar-refractivity contribution >= 4 is 5.69 Å². The van der Waals surface area contributed by atoms with Crippen LogP contribution < -0.4 is 10.1 Å². The van der Waals surface area contributed by atoms with Crippen LogP contribution in [0.4, 0.5) is 5.69 Å². The number of benzene rings is 2. The zero-order chi connectivity index (χ0) is 15.2. The number of phenolic OH excluding ortho intramolecular Hbond substituents is 1. The second-order valence-corrected chi connectivity index (χ2v) is 5.30. The SMILES string of the molecule is CCCOc1ccc(CNc2cc(C)c(O)cc2C)cc1. The van der Waals surface area contributed by atoms with Gasteiger partial charge in [-0.05, 0) is 61.2 Å². The number of nitrogens with one attached hydrogen (secondary N) is 1. The number of aromatic hydroxyl groups is 1. The molecule has 0 spiro atoms. The van der Waals surface area contributed by atoms with Gasteiger partial charge in [0.25, 0.3) is 0 Å². The molecular formula is C18H23NO2. The summed E-state index contributed by atoms with van der Waals surface area (Å²) in [6.45, 7) is 7.49. The maximum atomic E-state index is 9.67. The van der Waals surface area contributed by atoms with E-state index in [1.54, 1.807) is 6.07 Å². The maximum absolute atomic E-state index is 9.67. The van der Waals surface area contributed by atoms with Gasteiger partial charge in [0.15, 0.2) is 0 Å². The number of hydrogen-bond acceptors (Lipinski definition) is 3. The van der Waals surface area contributed by atoms with E-state index < -0.39 is 0 Å². The Balaban J connectivity index is 1.98.